The lowest BCUT2D eigenvalue weighted by Gasteiger charge is -2.11. The quantitative estimate of drug-likeness (QED) is 0.836. The van der Waals surface area contributed by atoms with Gasteiger partial charge >= 0.3 is 0 Å². The number of nitrogens with one attached hydrogen (secondary N) is 1. The summed E-state index contributed by atoms with van der Waals surface area (Å²) < 4.78 is 18.8. The van der Waals surface area contributed by atoms with Crippen LogP contribution in [-0.4, -0.2) is 18.6 Å². The summed E-state index contributed by atoms with van der Waals surface area (Å²) in [5.74, 6) is -0.763. The molecule has 1 aromatic rings. The largest absolute Gasteiger partial charge is 0.368 e. The lowest BCUT2D eigenvalue weighted by Crippen LogP contribution is -2.27. The molecule has 0 aromatic heterocycles. The first-order chi connectivity index (χ1) is 8.20. The van der Waals surface area contributed by atoms with Gasteiger partial charge in [0, 0.05) is 13.2 Å². The van der Waals surface area contributed by atoms with Crippen molar-refractivity contribution in [1.82, 2.24) is 0 Å². The first kappa shape index (κ1) is 12.0. The number of carbonyl (C=O) groups excluding carboxylic acids is 1. The molecular weight excluding hydrogens is 223 g/mol. The predicted molar refractivity (Wildman–Crippen MR) is 61.9 cm³/mol. The predicted octanol–water partition coefficient (Wildman–Crippen LogP) is 1.40. The van der Waals surface area contributed by atoms with Gasteiger partial charge in [0.1, 0.15) is 11.9 Å². The fraction of sp³-hybridized carbons (Fsp3) is 0.417. The van der Waals surface area contributed by atoms with E-state index in [1.54, 1.807) is 6.07 Å². The van der Waals surface area contributed by atoms with E-state index in [1.807, 2.05) is 0 Å². The van der Waals surface area contributed by atoms with Crippen molar-refractivity contribution in [1.29, 1.82) is 0 Å². The summed E-state index contributed by atoms with van der Waals surface area (Å²) in [5.41, 5.74) is 6.26. The van der Waals surface area contributed by atoms with E-state index in [0.29, 0.717) is 18.6 Å². The maximum absolute atomic E-state index is 13.6. The number of anilines is 1. The van der Waals surface area contributed by atoms with Gasteiger partial charge < -0.3 is 15.8 Å². The molecule has 0 bridgehead atoms. The summed E-state index contributed by atoms with van der Waals surface area (Å²) in [6.07, 6.45) is 1.10. The molecule has 17 heavy (non-hydrogen) atoms. The van der Waals surface area contributed by atoms with E-state index in [4.69, 9.17) is 10.5 Å². The van der Waals surface area contributed by atoms with Crippen LogP contribution in [0.4, 0.5) is 10.1 Å². The van der Waals surface area contributed by atoms with Crippen LogP contribution in [0.2, 0.25) is 0 Å². The molecule has 1 saturated heterocycles. The molecule has 1 fully saturated rings. The Bertz CT molecular complexity index is 417. The molecule has 1 aromatic carbocycles. The number of hydrogen-bond donors (Lipinski definition) is 2. The Morgan fingerprint density at radius 1 is 1.59 bits per heavy atom. The number of halogens is 1. The molecule has 92 valence electrons. The molecule has 0 saturated carbocycles. The van der Waals surface area contributed by atoms with Crippen LogP contribution in [-0.2, 0) is 16.1 Å². The zero-order chi connectivity index (χ0) is 12.3. The van der Waals surface area contributed by atoms with E-state index in [1.165, 1.54) is 12.1 Å². The van der Waals surface area contributed by atoms with Gasteiger partial charge in [-0.3, -0.25) is 4.79 Å². The minimum Gasteiger partial charge on any atom is -0.368 e. The average molecular weight is 238 g/mol. The van der Waals surface area contributed by atoms with Gasteiger partial charge in [-0.25, -0.2) is 4.39 Å². The SMILES string of the molecule is NCc1ccc(NC(=O)C2CCCO2)c(F)c1. The van der Waals surface area contributed by atoms with Crippen LogP contribution in [0.1, 0.15) is 18.4 Å². The van der Waals surface area contributed by atoms with Crippen molar-refractivity contribution in [3.8, 4) is 0 Å². The number of carbonyl (C=O) groups is 1. The van der Waals surface area contributed by atoms with E-state index in [2.05, 4.69) is 5.32 Å². The molecule has 1 atom stereocenters. The zero-order valence-electron chi connectivity index (χ0n) is 9.41. The zero-order valence-corrected chi connectivity index (χ0v) is 9.41. The number of nitrogens with two attached hydrogens (primary N) is 1. The molecule has 0 spiro atoms. The van der Waals surface area contributed by atoms with Crippen molar-refractivity contribution < 1.29 is 13.9 Å². The molecule has 1 amide bonds. The molecule has 5 heteroatoms. The van der Waals surface area contributed by atoms with Crippen molar-refractivity contribution >= 4 is 11.6 Å². The summed E-state index contributed by atoms with van der Waals surface area (Å²) in [6.45, 7) is 0.865. The highest BCUT2D eigenvalue weighted by Crippen LogP contribution is 2.18. The van der Waals surface area contributed by atoms with Crippen molar-refractivity contribution in [2.45, 2.75) is 25.5 Å². The van der Waals surface area contributed by atoms with Crippen LogP contribution in [0, 0.1) is 5.82 Å². The number of hydrogen-bond acceptors (Lipinski definition) is 3. The first-order valence-electron chi connectivity index (χ1n) is 5.61. The molecule has 3 N–H and O–H groups in total. The topological polar surface area (TPSA) is 64.3 Å². The monoisotopic (exact) mass is 238 g/mol. The molecule has 1 aliphatic rings. The van der Waals surface area contributed by atoms with Gasteiger partial charge in [-0.2, -0.15) is 0 Å². The molecular formula is C12H15FN2O2. The number of ether oxygens (including phenoxy) is 1. The Morgan fingerprint density at radius 2 is 2.41 bits per heavy atom. The molecule has 0 aliphatic carbocycles. The Kier molecular flexibility index (Phi) is 3.71. The minimum atomic E-state index is -0.473. The molecule has 1 unspecified atom stereocenters. The molecule has 1 aliphatic heterocycles. The second-order valence-corrected chi connectivity index (χ2v) is 4.01. The lowest BCUT2D eigenvalue weighted by atomic mass is 10.2. The number of rotatable bonds is 3. The van der Waals surface area contributed by atoms with Crippen LogP contribution in [0.25, 0.3) is 0 Å². The molecule has 0 radical (unpaired) electrons. The van der Waals surface area contributed by atoms with E-state index in [0.717, 1.165) is 6.42 Å². The third-order valence-electron chi connectivity index (χ3n) is 2.75. The summed E-state index contributed by atoms with van der Waals surface area (Å²) in [6, 6.07) is 4.53. The van der Waals surface area contributed by atoms with Gasteiger partial charge in [0.25, 0.3) is 5.91 Å². The van der Waals surface area contributed by atoms with Crippen molar-refractivity contribution in [2.75, 3.05) is 11.9 Å². The van der Waals surface area contributed by atoms with Crippen LogP contribution < -0.4 is 11.1 Å². The smallest absolute Gasteiger partial charge is 0.253 e. The average Bonchev–Trinajstić information content (AvgIpc) is 2.85. The summed E-state index contributed by atoms with van der Waals surface area (Å²) in [7, 11) is 0. The highest BCUT2D eigenvalue weighted by molar-refractivity contribution is 5.94. The second-order valence-electron chi connectivity index (χ2n) is 4.01. The molecule has 2 rings (SSSR count). The van der Waals surface area contributed by atoms with Gasteiger partial charge in [0.15, 0.2) is 0 Å². The van der Waals surface area contributed by atoms with E-state index in [-0.39, 0.29) is 18.1 Å². The van der Waals surface area contributed by atoms with Crippen LogP contribution in [0.3, 0.4) is 0 Å². The minimum absolute atomic E-state index is 0.169. The third-order valence-corrected chi connectivity index (χ3v) is 2.75. The number of benzene rings is 1. The summed E-state index contributed by atoms with van der Waals surface area (Å²) in [5, 5.41) is 2.52. The molecule has 1 heterocycles. The Hall–Kier alpha value is -1.46. The third kappa shape index (κ3) is 2.81. The van der Waals surface area contributed by atoms with Crippen molar-refractivity contribution in [2.24, 2.45) is 5.73 Å². The van der Waals surface area contributed by atoms with Gasteiger partial charge in [-0.1, -0.05) is 6.07 Å². The van der Waals surface area contributed by atoms with E-state index >= 15 is 0 Å². The Labute approximate surface area is 98.9 Å². The van der Waals surface area contributed by atoms with Gasteiger partial charge in [0.05, 0.1) is 5.69 Å². The van der Waals surface area contributed by atoms with Crippen LogP contribution >= 0.6 is 0 Å². The highest BCUT2D eigenvalue weighted by Gasteiger charge is 2.24. The van der Waals surface area contributed by atoms with Gasteiger partial charge in [0.2, 0.25) is 0 Å². The van der Waals surface area contributed by atoms with Crippen molar-refractivity contribution in [3.05, 3.63) is 29.6 Å². The summed E-state index contributed by atoms with van der Waals surface area (Å²) in [4.78, 5) is 11.7. The van der Waals surface area contributed by atoms with Gasteiger partial charge in [-0.15, -0.1) is 0 Å². The standard InChI is InChI=1S/C12H15FN2O2/c13-9-6-8(7-14)3-4-10(9)15-12(16)11-2-1-5-17-11/h3-4,6,11H,1-2,5,7,14H2,(H,15,16). The Morgan fingerprint density at radius 3 is 3.00 bits per heavy atom. The maximum Gasteiger partial charge on any atom is 0.253 e. The van der Waals surface area contributed by atoms with Gasteiger partial charge in [-0.05, 0) is 30.5 Å². The van der Waals surface area contributed by atoms with Crippen LogP contribution in [0.15, 0.2) is 18.2 Å². The van der Waals surface area contributed by atoms with E-state index in [9.17, 15) is 9.18 Å². The van der Waals surface area contributed by atoms with E-state index < -0.39 is 11.9 Å². The maximum atomic E-state index is 13.6. The normalized spacial score (nSPS) is 19.3. The highest BCUT2D eigenvalue weighted by atomic mass is 19.1. The lowest BCUT2D eigenvalue weighted by molar-refractivity contribution is -0.124. The fourth-order valence-corrected chi connectivity index (χ4v) is 1.78. The number of amides is 1. The first-order valence-corrected chi connectivity index (χ1v) is 5.61. The molecule has 4 nitrogen and oxygen atoms in total. The Balaban J connectivity index is 2.05. The second kappa shape index (κ2) is 5.25. The summed E-state index contributed by atoms with van der Waals surface area (Å²) >= 11 is 0. The van der Waals surface area contributed by atoms with Crippen molar-refractivity contribution in [3.63, 3.8) is 0 Å². The fourth-order valence-electron chi connectivity index (χ4n) is 1.78. The van der Waals surface area contributed by atoms with Crippen LogP contribution in [0.5, 0.6) is 0 Å².